The zero-order chi connectivity index (χ0) is 19.3. The van der Waals surface area contributed by atoms with Gasteiger partial charge in [0.2, 0.25) is 5.91 Å². The highest BCUT2D eigenvalue weighted by atomic mass is 16.5. The summed E-state index contributed by atoms with van der Waals surface area (Å²) in [6.07, 6.45) is 2.40. The molecule has 1 fully saturated rings. The van der Waals surface area contributed by atoms with Crippen molar-refractivity contribution in [2.24, 2.45) is 0 Å². The Balaban J connectivity index is 1.30. The number of nitrogens with zero attached hydrogens (tertiary/aromatic N) is 3. The maximum atomic E-state index is 12.6. The predicted octanol–water partition coefficient (Wildman–Crippen LogP) is 3.13. The number of carbonyl (C=O) groups is 1. The normalized spacial score (nSPS) is 15.0. The second-order valence-corrected chi connectivity index (χ2v) is 7.22. The number of rotatable bonds is 5. The van der Waals surface area contributed by atoms with Crippen LogP contribution in [0.1, 0.15) is 11.1 Å². The summed E-state index contributed by atoms with van der Waals surface area (Å²) >= 11 is 0. The molecule has 144 valence electrons. The van der Waals surface area contributed by atoms with Crippen LogP contribution in [0, 0.1) is 0 Å². The van der Waals surface area contributed by atoms with Crippen LogP contribution in [0.3, 0.4) is 0 Å². The predicted molar refractivity (Wildman–Crippen MR) is 110 cm³/mol. The lowest BCUT2D eigenvalue weighted by molar-refractivity contribution is -0.132. The number of para-hydroxylation sites is 1. The van der Waals surface area contributed by atoms with Crippen molar-refractivity contribution >= 4 is 16.8 Å². The van der Waals surface area contributed by atoms with Crippen molar-refractivity contribution in [3.63, 3.8) is 0 Å². The van der Waals surface area contributed by atoms with Crippen LogP contribution in [-0.4, -0.2) is 54.0 Å². The molecular formula is C23H25N3O2. The molecule has 0 bridgehead atoms. The van der Waals surface area contributed by atoms with Gasteiger partial charge in [0.05, 0.1) is 19.0 Å². The van der Waals surface area contributed by atoms with Crippen LogP contribution in [-0.2, 0) is 17.8 Å². The summed E-state index contributed by atoms with van der Waals surface area (Å²) in [6.45, 7) is 4.20. The molecule has 0 aliphatic carbocycles. The van der Waals surface area contributed by atoms with Gasteiger partial charge in [-0.05, 0) is 35.4 Å². The Morgan fingerprint density at radius 1 is 1.00 bits per heavy atom. The van der Waals surface area contributed by atoms with E-state index in [2.05, 4.69) is 22.0 Å². The van der Waals surface area contributed by atoms with Crippen molar-refractivity contribution in [1.82, 2.24) is 14.8 Å². The van der Waals surface area contributed by atoms with E-state index in [1.807, 2.05) is 53.6 Å². The summed E-state index contributed by atoms with van der Waals surface area (Å²) in [7, 11) is 1.65. The number of fused-ring (bicyclic) bond motifs is 1. The fourth-order valence-electron chi connectivity index (χ4n) is 3.65. The van der Waals surface area contributed by atoms with E-state index in [0.29, 0.717) is 6.42 Å². The highest BCUT2D eigenvalue weighted by molar-refractivity contribution is 5.79. The maximum absolute atomic E-state index is 12.6. The molecule has 1 amide bonds. The Morgan fingerprint density at radius 2 is 1.75 bits per heavy atom. The monoisotopic (exact) mass is 375 g/mol. The van der Waals surface area contributed by atoms with E-state index in [1.54, 1.807) is 7.11 Å². The number of amides is 1. The highest BCUT2D eigenvalue weighted by Gasteiger charge is 2.21. The van der Waals surface area contributed by atoms with E-state index in [-0.39, 0.29) is 5.91 Å². The summed E-state index contributed by atoms with van der Waals surface area (Å²) in [5.74, 6) is 1.00. The number of pyridine rings is 1. The Hall–Kier alpha value is -2.92. The molecule has 1 saturated heterocycles. The first kappa shape index (κ1) is 18.4. The van der Waals surface area contributed by atoms with Gasteiger partial charge in [-0.25, -0.2) is 0 Å². The Morgan fingerprint density at radius 3 is 2.50 bits per heavy atom. The molecule has 3 aromatic rings. The molecule has 0 unspecified atom stereocenters. The fourth-order valence-corrected chi connectivity index (χ4v) is 3.65. The van der Waals surface area contributed by atoms with Gasteiger partial charge >= 0.3 is 0 Å². The SMILES string of the molecule is COc1ccc(CC(=O)N2CCN(Cc3cnc4ccccc4c3)CC2)cc1. The first-order valence-electron chi connectivity index (χ1n) is 9.68. The Labute approximate surface area is 165 Å². The minimum Gasteiger partial charge on any atom is -0.497 e. The molecule has 0 N–H and O–H groups in total. The van der Waals surface area contributed by atoms with Gasteiger partial charge in [-0.15, -0.1) is 0 Å². The topological polar surface area (TPSA) is 45.7 Å². The average Bonchev–Trinajstić information content (AvgIpc) is 2.75. The average molecular weight is 375 g/mol. The Bertz CT molecular complexity index is 947. The van der Waals surface area contributed by atoms with Crippen LogP contribution in [0.4, 0.5) is 0 Å². The summed E-state index contributed by atoms with van der Waals surface area (Å²) in [5.41, 5.74) is 3.27. The van der Waals surface area contributed by atoms with Crippen LogP contribution in [0.25, 0.3) is 10.9 Å². The molecule has 28 heavy (non-hydrogen) atoms. The van der Waals surface area contributed by atoms with Crippen molar-refractivity contribution in [2.75, 3.05) is 33.3 Å². The van der Waals surface area contributed by atoms with E-state index in [0.717, 1.165) is 49.6 Å². The third-order valence-electron chi connectivity index (χ3n) is 5.29. The van der Waals surface area contributed by atoms with Crippen LogP contribution >= 0.6 is 0 Å². The fraction of sp³-hybridized carbons (Fsp3) is 0.304. The summed E-state index contributed by atoms with van der Waals surface area (Å²) < 4.78 is 5.17. The molecule has 0 radical (unpaired) electrons. The van der Waals surface area contributed by atoms with E-state index >= 15 is 0 Å². The number of methoxy groups -OCH3 is 1. The maximum Gasteiger partial charge on any atom is 0.227 e. The summed E-state index contributed by atoms with van der Waals surface area (Å²) in [6, 6.07) is 18.1. The molecule has 0 spiro atoms. The third-order valence-corrected chi connectivity index (χ3v) is 5.29. The largest absolute Gasteiger partial charge is 0.497 e. The number of ether oxygens (including phenoxy) is 1. The minimum absolute atomic E-state index is 0.192. The van der Waals surface area contributed by atoms with Crippen LogP contribution in [0.2, 0.25) is 0 Å². The molecule has 0 saturated carbocycles. The van der Waals surface area contributed by atoms with Crippen molar-refractivity contribution in [1.29, 1.82) is 0 Å². The molecular weight excluding hydrogens is 350 g/mol. The van der Waals surface area contributed by atoms with Gasteiger partial charge in [0.25, 0.3) is 0 Å². The van der Waals surface area contributed by atoms with Crippen molar-refractivity contribution < 1.29 is 9.53 Å². The summed E-state index contributed by atoms with van der Waals surface area (Å²) in [4.78, 5) is 21.5. The van der Waals surface area contributed by atoms with Gasteiger partial charge in [-0.2, -0.15) is 0 Å². The minimum atomic E-state index is 0.192. The molecule has 5 nitrogen and oxygen atoms in total. The van der Waals surface area contributed by atoms with Gasteiger partial charge in [0.1, 0.15) is 5.75 Å². The number of hydrogen-bond acceptors (Lipinski definition) is 4. The van der Waals surface area contributed by atoms with Gasteiger partial charge in [-0.3, -0.25) is 14.7 Å². The number of hydrogen-bond donors (Lipinski definition) is 0. The molecule has 2 heterocycles. The molecule has 5 heteroatoms. The van der Waals surface area contributed by atoms with E-state index in [4.69, 9.17) is 4.74 Å². The molecule has 2 aromatic carbocycles. The van der Waals surface area contributed by atoms with Gasteiger partial charge in [0, 0.05) is 44.3 Å². The van der Waals surface area contributed by atoms with Crippen molar-refractivity contribution in [3.8, 4) is 5.75 Å². The second kappa shape index (κ2) is 8.40. The van der Waals surface area contributed by atoms with E-state index < -0.39 is 0 Å². The van der Waals surface area contributed by atoms with E-state index in [9.17, 15) is 4.79 Å². The zero-order valence-corrected chi connectivity index (χ0v) is 16.2. The van der Waals surface area contributed by atoms with Crippen LogP contribution < -0.4 is 4.74 Å². The number of carbonyl (C=O) groups excluding carboxylic acids is 1. The summed E-state index contributed by atoms with van der Waals surface area (Å²) in [5, 5.41) is 1.17. The molecule has 1 aliphatic rings. The zero-order valence-electron chi connectivity index (χ0n) is 16.2. The van der Waals surface area contributed by atoms with Gasteiger partial charge in [0.15, 0.2) is 0 Å². The first-order valence-corrected chi connectivity index (χ1v) is 9.68. The van der Waals surface area contributed by atoms with Gasteiger partial charge in [-0.1, -0.05) is 30.3 Å². The van der Waals surface area contributed by atoms with Crippen molar-refractivity contribution in [3.05, 3.63) is 71.9 Å². The number of benzene rings is 2. The molecule has 1 aromatic heterocycles. The molecule has 4 rings (SSSR count). The Kier molecular flexibility index (Phi) is 5.53. The smallest absolute Gasteiger partial charge is 0.227 e. The quantitative estimate of drug-likeness (QED) is 0.687. The van der Waals surface area contributed by atoms with Crippen LogP contribution in [0.5, 0.6) is 5.75 Å². The second-order valence-electron chi connectivity index (χ2n) is 7.22. The van der Waals surface area contributed by atoms with Crippen LogP contribution in [0.15, 0.2) is 60.8 Å². The lowest BCUT2D eigenvalue weighted by Crippen LogP contribution is -2.48. The third kappa shape index (κ3) is 4.31. The lowest BCUT2D eigenvalue weighted by Gasteiger charge is -2.34. The molecule has 0 atom stereocenters. The van der Waals surface area contributed by atoms with Crippen molar-refractivity contribution in [2.45, 2.75) is 13.0 Å². The number of piperazine rings is 1. The standard InChI is InChI=1S/C23H25N3O2/c1-28-21-8-6-18(7-9-21)15-23(27)26-12-10-25(11-13-26)17-19-14-20-4-2-3-5-22(20)24-16-19/h2-9,14,16H,10-13,15,17H2,1H3. The highest BCUT2D eigenvalue weighted by Crippen LogP contribution is 2.16. The van der Waals surface area contributed by atoms with Gasteiger partial charge < -0.3 is 9.64 Å². The first-order chi connectivity index (χ1) is 13.7. The van der Waals surface area contributed by atoms with E-state index in [1.165, 1.54) is 10.9 Å². The lowest BCUT2D eigenvalue weighted by atomic mass is 10.1. The number of aromatic nitrogens is 1. The molecule has 1 aliphatic heterocycles.